The van der Waals surface area contributed by atoms with Crippen LogP contribution in [0.15, 0.2) is 18.2 Å². The summed E-state index contributed by atoms with van der Waals surface area (Å²) < 4.78 is 25.0. The molecule has 1 amide bonds. The lowest BCUT2D eigenvalue weighted by Gasteiger charge is -1.99. The first-order chi connectivity index (χ1) is 5.65. The molecule has 3 nitrogen and oxygen atoms in total. The highest BCUT2D eigenvalue weighted by atomic mass is 19.1. The van der Waals surface area contributed by atoms with Gasteiger partial charge in [0.2, 0.25) is 0 Å². The van der Waals surface area contributed by atoms with Gasteiger partial charge in [-0.1, -0.05) is 0 Å². The second kappa shape index (κ2) is 3.27. The average Bonchev–Trinajstić information content (AvgIpc) is 2.03. The molecule has 12 heavy (non-hydrogen) atoms. The highest BCUT2D eigenvalue weighted by Crippen LogP contribution is 2.08. The molecule has 0 saturated heterocycles. The number of nitrogens with one attached hydrogen (secondary N) is 1. The Balaban J connectivity index is 3.09. The molecule has 0 bridgehead atoms. The van der Waals surface area contributed by atoms with Crippen molar-refractivity contribution in [2.45, 2.75) is 0 Å². The van der Waals surface area contributed by atoms with Gasteiger partial charge in [-0.15, -0.1) is 0 Å². The molecule has 1 aromatic carbocycles. The molecule has 0 aliphatic rings. The summed E-state index contributed by atoms with van der Waals surface area (Å²) in [6.07, 6.45) is 0. The molecule has 0 radical (unpaired) electrons. The Bertz CT molecular complexity index is 314. The molecule has 0 atom stereocenters. The van der Waals surface area contributed by atoms with Gasteiger partial charge in [-0.2, -0.15) is 0 Å². The van der Waals surface area contributed by atoms with Crippen molar-refractivity contribution in [3.8, 4) is 0 Å². The van der Waals surface area contributed by atoms with Crippen LogP contribution in [0.4, 0.5) is 8.78 Å². The van der Waals surface area contributed by atoms with Crippen molar-refractivity contribution in [3.63, 3.8) is 0 Å². The molecule has 0 aromatic heterocycles. The fourth-order valence-corrected chi connectivity index (χ4v) is 0.734. The van der Waals surface area contributed by atoms with E-state index in [0.29, 0.717) is 6.07 Å². The Labute approximate surface area is 66.6 Å². The van der Waals surface area contributed by atoms with Crippen LogP contribution in [-0.4, -0.2) is 11.1 Å². The molecule has 0 spiro atoms. The highest BCUT2D eigenvalue weighted by molar-refractivity contribution is 5.93. The predicted octanol–water partition coefficient (Wildman–Crippen LogP) is 1.08. The molecule has 0 heterocycles. The maximum atomic E-state index is 12.7. The Morgan fingerprint density at radius 2 is 2.08 bits per heavy atom. The molecule has 1 aromatic rings. The molecule has 0 aliphatic carbocycles. The number of hydrogen-bond acceptors (Lipinski definition) is 2. The maximum absolute atomic E-state index is 12.7. The van der Waals surface area contributed by atoms with Crippen LogP contribution in [0.5, 0.6) is 0 Å². The number of halogens is 2. The lowest BCUT2D eigenvalue weighted by molar-refractivity contribution is 0.0701. The van der Waals surface area contributed by atoms with Crippen molar-refractivity contribution in [2.24, 2.45) is 0 Å². The van der Waals surface area contributed by atoms with Gasteiger partial charge in [0.05, 0.1) is 5.56 Å². The van der Waals surface area contributed by atoms with E-state index in [-0.39, 0.29) is 0 Å². The Kier molecular flexibility index (Phi) is 2.35. The van der Waals surface area contributed by atoms with Crippen molar-refractivity contribution < 1.29 is 18.8 Å². The number of benzene rings is 1. The molecule has 64 valence electrons. The zero-order chi connectivity index (χ0) is 9.14. The predicted molar refractivity (Wildman–Crippen MR) is 35.6 cm³/mol. The normalized spacial score (nSPS) is 9.58. The summed E-state index contributed by atoms with van der Waals surface area (Å²) in [7, 11) is 0. The molecule has 0 aliphatic heterocycles. The van der Waals surface area contributed by atoms with Crippen molar-refractivity contribution in [1.29, 1.82) is 0 Å². The van der Waals surface area contributed by atoms with Gasteiger partial charge < -0.3 is 0 Å². The lowest BCUT2D eigenvalue weighted by Crippen LogP contribution is -2.19. The van der Waals surface area contributed by atoms with E-state index >= 15 is 0 Å². The van der Waals surface area contributed by atoms with Crippen LogP contribution in [-0.2, 0) is 0 Å². The van der Waals surface area contributed by atoms with Crippen LogP contribution in [0.25, 0.3) is 0 Å². The van der Waals surface area contributed by atoms with E-state index in [2.05, 4.69) is 0 Å². The third-order valence-electron chi connectivity index (χ3n) is 1.28. The van der Waals surface area contributed by atoms with Gasteiger partial charge in [-0.25, -0.2) is 14.3 Å². The molecular formula is C7H5F2NO2. The standard InChI is InChI=1S/C7H5F2NO2/c8-4-1-2-5(6(9)3-4)7(11)10-12/h1-3,12H,(H,10,11). The van der Waals surface area contributed by atoms with Crippen LogP contribution >= 0.6 is 0 Å². The Morgan fingerprint density at radius 3 is 2.58 bits per heavy atom. The molecule has 0 unspecified atom stereocenters. The quantitative estimate of drug-likeness (QED) is 0.493. The third kappa shape index (κ3) is 1.57. The summed E-state index contributed by atoms with van der Waals surface area (Å²) in [5, 5.41) is 8.12. The topological polar surface area (TPSA) is 49.3 Å². The van der Waals surface area contributed by atoms with Crippen LogP contribution in [0.2, 0.25) is 0 Å². The van der Waals surface area contributed by atoms with E-state index in [1.807, 2.05) is 0 Å². The van der Waals surface area contributed by atoms with Gasteiger partial charge in [-0.3, -0.25) is 10.0 Å². The molecule has 5 heteroatoms. The Hall–Kier alpha value is -1.49. The Morgan fingerprint density at radius 1 is 1.42 bits per heavy atom. The first-order valence-electron chi connectivity index (χ1n) is 3.04. The third-order valence-corrected chi connectivity index (χ3v) is 1.28. The number of carbonyl (C=O) groups is 1. The largest absolute Gasteiger partial charge is 0.288 e. The zero-order valence-electron chi connectivity index (χ0n) is 5.84. The monoisotopic (exact) mass is 173 g/mol. The summed E-state index contributed by atoms with van der Waals surface area (Å²) in [6.45, 7) is 0. The van der Waals surface area contributed by atoms with Crippen LogP contribution in [0.3, 0.4) is 0 Å². The number of amides is 1. The maximum Gasteiger partial charge on any atom is 0.277 e. The summed E-state index contributed by atoms with van der Waals surface area (Å²) in [6, 6.07) is 2.43. The van der Waals surface area contributed by atoms with Gasteiger partial charge in [0, 0.05) is 6.07 Å². The number of carbonyl (C=O) groups excluding carboxylic acids is 1. The van der Waals surface area contributed by atoms with E-state index in [0.717, 1.165) is 12.1 Å². The summed E-state index contributed by atoms with van der Waals surface area (Å²) in [5.41, 5.74) is 0.836. The van der Waals surface area contributed by atoms with Crippen LogP contribution < -0.4 is 5.48 Å². The highest BCUT2D eigenvalue weighted by Gasteiger charge is 2.10. The number of hydrogen-bond donors (Lipinski definition) is 2. The summed E-state index contributed by atoms with van der Waals surface area (Å²) in [4.78, 5) is 10.6. The minimum Gasteiger partial charge on any atom is -0.288 e. The number of hydroxylamine groups is 1. The molecule has 2 N–H and O–H groups in total. The first-order valence-corrected chi connectivity index (χ1v) is 3.04. The van der Waals surface area contributed by atoms with Crippen molar-refractivity contribution in [2.75, 3.05) is 0 Å². The minimum absolute atomic E-state index is 0.404. The van der Waals surface area contributed by atoms with Crippen molar-refractivity contribution in [3.05, 3.63) is 35.4 Å². The number of rotatable bonds is 1. The fraction of sp³-hybridized carbons (Fsp3) is 0. The second-order valence-corrected chi connectivity index (χ2v) is 2.07. The van der Waals surface area contributed by atoms with E-state index < -0.39 is 23.1 Å². The van der Waals surface area contributed by atoms with Gasteiger partial charge in [0.15, 0.2) is 0 Å². The zero-order valence-corrected chi connectivity index (χ0v) is 5.84. The van der Waals surface area contributed by atoms with Gasteiger partial charge >= 0.3 is 0 Å². The molecule has 0 fully saturated rings. The summed E-state index contributed by atoms with van der Waals surface area (Å²) in [5.74, 6) is -2.80. The minimum atomic E-state index is -1.01. The molecular weight excluding hydrogens is 168 g/mol. The molecule has 1 rings (SSSR count). The van der Waals surface area contributed by atoms with Gasteiger partial charge in [0.1, 0.15) is 11.6 Å². The van der Waals surface area contributed by atoms with Gasteiger partial charge in [0.25, 0.3) is 5.91 Å². The second-order valence-electron chi connectivity index (χ2n) is 2.07. The smallest absolute Gasteiger partial charge is 0.277 e. The SMILES string of the molecule is O=C(NO)c1ccc(F)cc1F. The first kappa shape index (κ1) is 8.61. The molecule has 0 saturated carbocycles. The van der Waals surface area contributed by atoms with E-state index in [1.165, 1.54) is 5.48 Å². The van der Waals surface area contributed by atoms with Crippen molar-refractivity contribution >= 4 is 5.91 Å². The van der Waals surface area contributed by atoms with E-state index in [1.54, 1.807) is 0 Å². The lowest BCUT2D eigenvalue weighted by atomic mass is 10.2. The van der Waals surface area contributed by atoms with E-state index in [9.17, 15) is 13.6 Å². The van der Waals surface area contributed by atoms with Crippen molar-refractivity contribution in [1.82, 2.24) is 5.48 Å². The van der Waals surface area contributed by atoms with Crippen LogP contribution in [0, 0.1) is 11.6 Å². The fourth-order valence-electron chi connectivity index (χ4n) is 0.734. The average molecular weight is 173 g/mol. The summed E-state index contributed by atoms with van der Waals surface area (Å²) >= 11 is 0. The van der Waals surface area contributed by atoms with Crippen LogP contribution in [0.1, 0.15) is 10.4 Å². The van der Waals surface area contributed by atoms with Gasteiger partial charge in [-0.05, 0) is 12.1 Å². The van der Waals surface area contributed by atoms with E-state index in [4.69, 9.17) is 5.21 Å².